The van der Waals surface area contributed by atoms with E-state index < -0.39 is 6.04 Å². The van der Waals surface area contributed by atoms with Gasteiger partial charge in [-0.15, -0.1) is 0 Å². The third kappa shape index (κ3) is 4.17. The minimum absolute atomic E-state index is 0.128. The Balaban J connectivity index is 2.16. The highest BCUT2D eigenvalue weighted by Gasteiger charge is 2.35. The van der Waals surface area contributed by atoms with Crippen molar-refractivity contribution in [3.63, 3.8) is 0 Å². The molecule has 0 amide bonds. The van der Waals surface area contributed by atoms with Crippen molar-refractivity contribution in [2.45, 2.75) is 51.9 Å². The lowest BCUT2D eigenvalue weighted by molar-refractivity contribution is -0.147. The predicted octanol–water partition coefficient (Wildman–Crippen LogP) is 3.05. The molecule has 1 aliphatic rings. The lowest BCUT2D eigenvalue weighted by Gasteiger charge is -2.24. The van der Waals surface area contributed by atoms with E-state index >= 15 is 0 Å². The van der Waals surface area contributed by atoms with Crippen molar-refractivity contribution in [1.29, 1.82) is 0 Å². The van der Waals surface area contributed by atoms with E-state index in [2.05, 4.69) is 5.32 Å². The number of aryl methyl sites for hydroxylation is 1. The zero-order valence-electron chi connectivity index (χ0n) is 12.7. The van der Waals surface area contributed by atoms with E-state index in [1.54, 1.807) is 13.0 Å². The number of nitrogens with one attached hydrogen (secondary N) is 1. The smallest absolute Gasteiger partial charge is 0.331 e. The summed E-state index contributed by atoms with van der Waals surface area (Å²) in [5.41, 5.74) is 1.36. The molecule has 3 atom stereocenters. The first-order chi connectivity index (χ1) is 9.99. The van der Waals surface area contributed by atoms with E-state index in [1.807, 2.05) is 13.8 Å². The van der Waals surface area contributed by atoms with Gasteiger partial charge >= 0.3 is 5.97 Å². The second kappa shape index (κ2) is 6.89. The van der Waals surface area contributed by atoms with Crippen molar-refractivity contribution in [2.24, 2.45) is 0 Å². The van der Waals surface area contributed by atoms with Gasteiger partial charge in [0.05, 0.1) is 18.8 Å². The first-order valence-electron chi connectivity index (χ1n) is 7.35. The lowest BCUT2D eigenvalue weighted by atomic mass is 10.1. The van der Waals surface area contributed by atoms with Crippen LogP contribution in [0.5, 0.6) is 0 Å². The molecule has 0 aromatic heterocycles. The van der Waals surface area contributed by atoms with Gasteiger partial charge in [0, 0.05) is 5.69 Å². The van der Waals surface area contributed by atoms with Gasteiger partial charge in [0.15, 0.2) is 6.04 Å². The number of esters is 1. The Morgan fingerprint density at radius 2 is 2.24 bits per heavy atom. The Morgan fingerprint density at radius 1 is 1.48 bits per heavy atom. The molecule has 3 unspecified atom stereocenters. The molecule has 1 heterocycles. The molecule has 1 aliphatic heterocycles. The summed E-state index contributed by atoms with van der Waals surface area (Å²) in [6, 6.07) is 4.00. The minimum Gasteiger partial charge on any atom is -0.464 e. The van der Waals surface area contributed by atoms with E-state index in [4.69, 9.17) is 9.47 Å². The fourth-order valence-corrected chi connectivity index (χ4v) is 2.61. The maximum Gasteiger partial charge on any atom is 0.331 e. The average molecular weight is 295 g/mol. The normalized spacial score (nSPS) is 22.9. The van der Waals surface area contributed by atoms with Crippen molar-refractivity contribution in [3.05, 3.63) is 29.6 Å². The van der Waals surface area contributed by atoms with Crippen molar-refractivity contribution in [3.8, 4) is 0 Å². The van der Waals surface area contributed by atoms with Gasteiger partial charge in [-0.1, -0.05) is 0 Å². The summed E-state index contributed by atoms with van der Waals surface area (Å²) in [7, 11) is 0. The van der Waals surface area contributed by atoms with Crippen LogP contribution < -0.4 is 5.32 Å². The quantitative estimate of drug-likeness (QED) is 0.848. The summed E-state index contributed by atoms with van der Waals surface area (Å²) in [5.74, 6) is -0.695. The van der Waals surface area contributed by atoms with Crippen molar-refractivity contribution < 1.29 is 18.7 Å². The number of ether oxygens (including phenoxy) is 2. The molecule has 1 N–H and O–H groups in total. The number of carbonyl (C=O) groups is 1. The number of rotatable bonds is 5. The number of hydrogen-bond donors (Lipinski definition) is 1. The van der Waals surface area contributed by atoms with Gasteiger partial charge in [-0.05, 0) is 57.4 Å². The summed E-state index contributed by atoms with van der Waals surface area (Å²) >= 11 is 0. The van der Waals surface area contributed by atoms with E-state index in [0.29, 0.717) is 12.3 Å². The van der Waals surface area contributed by atoms with Gasteiger partial charge in [-0.3, -0.25) is 0 Å². The summed E-state index contributed by atoms with van der Waals surface area (Å²) in [5, 5.41) is 3.07. The van der Waals surface area contributed by atoms with Crippen LogP contribution in [0.15, 0.2) is 18.2 Å². The Hall–Kier alpha value is -1.62. The fraction of sp³-hybridized carbons (Fsp3) is 0.562. The van der Waals surface area contributed by atoms with E-state index in [-0.39, 0.29) is 24.0 Å². The number of benzene rings is 1. The van der Waals surface area contributed by atoms with Crippen LogP contribution in [0.4, 0.5) is 10.1 Å². The zero-order chi connectivity index (χ0) is 15.4. The number of hydrogen-bond acceptors (Lipinski definition) is 4. The van der Waals surface area contributed by atoms with Crippen LogP contribution in [0.3, 0.4) is 0 Å². The largest absolute Gasteiger partial charge is 0.464 e. The maximum absolute atomic E-state index is 13.5. The van der Waals surface area contributed by atoms with E-state index in [1.165, 1.54) is 12.1 Å². The molecule has 116 valence electrons. The Labute approximate surface area is 124 Å². The molecule has 1 aromatic carbocycles. The zero-order valence-corrected chi connectivity index (χ0v) is 12.7. The van der Waals surface area contributed by atoms with Crippen LogP contribution in [-0.4, -0.2) is 30.8 Å². The molecule has 1 fully saturated rings. The molecule has 2 rings (SSSR count). The van der Waals surface area contributed by atoms with Crippen LogP contribution in [0, 0.1) is 12.7 Å². The highest BCUT2D eigenvalue weighted by Crippen LogP contribution is 2.25. The Morgan fingerprint density at radius 3 is 2.81 bits per heavy atom. The topological polar surface area (TPSA) is 47.6 Å². The molecular formula is C16H22FNO3. The SMILES string of the molecule is CCOC(=O)C(Nc1cc(C)cc(F)c1)C1CCC(C)O1. The van der Waals surface area contributed by atoms with Crippen LogP contribution in [0.1, 0.15) is 32.3 Å². The van der Waals surface area contributed by atoms with E-state index in [0.717, 1.165) is 18.4 Å². The second-order valence-electron chi connectivity index (χ2n) is 5.45. The standard InChI is InChI=1S/C16H22FNO3/c1-4-20-16(19)15(14-6-5-11(3)21-14)18-13-8-10(2)7-12(17)9-13/h7-9,11,14-15,18H,4-6H2,1-3H3. The van der Waals surface area contributed by atoms with Gasteiger partial charge in [0.2, 0.25) is 0 Å². The predicted molar refractivity (Wildman–Crippen MR) is 78.7 cm³/mol. The van der Waals surface area contributed by atoms with Gasteiger partial charge < -0.3 is 14.8 Å². The third-order valence-electron chi connectivity index (χ3n) is 3.54. The fourth-order valence-electron chi connectivity index (χ4n) is 2.61. The van der Waals surface area contributed by atoms with Gasteiger partial charge in [0.25, 0.3) is 0 Å². The first kappa shape index (κ1) is 15.8. The summed E-state index contributed by atoms with van der Waals surface area (Å²) < 4.78 is 24.4. The maximum atomic E-state index is 13.5. The number of halogens is 1. The van der Waals surface area contributed by atoms with Crippen LogP contribution >= 0.6 is 0 Å². The number of anilines is 1. The lowest BCUT2D eigenvalue weighted by Crippen LogP contribution is -2.42. The molecule has 1 saturated heterocycles. The molecule has 4 nitrogen and oxygen atoms in total. The molecule has 0 aliphatic carbocycles. The molecule has 0 saturated carbocycles. The second-order valence-corrected chi connectivity index (χ2v) is 5.45. The van der Waals surface area contributed by atoms with Crippen molar-refractivity contribution in [2.75, 3.05) is 11.9 Å². The minimum atomic E-state index is -0.615. The van der Waals surface area contributed by atoms with Gasteiger partial charge in [-0.2, -0.15) is 0 Å². The van der Waals surface area contributed by atoms with Crippen molar-refractivity contribution in [1.82, 2.24) is 0 Å². The summed E-state index contributed by atoms with van der Waals surface area (Å²) in [6.45, 7) is 5.86. The average Bonchev–Trinajstić information content (AvgIpc) is 2.81. The number of carbonyl (C=O) groups excluding carboxylic acids is 1. The van der Waals surface area contributed by atoms with Crippen LogP contribution in [0.2, 0.25) is 0 Å². The van der Waals surface area contributed by atoms with Crippen LogP contribution in [-0.2, 0) is 14.3 Å². The van der Waals surface area contributed by atoms with Gasteiger partial charge in [-0.25, -0.2) is 9.18 Å². The van der Waals surface area contributed by atoms with Crippen molar-refractivity contribution >= 4 is 11.7 Å². The third-order valence-corrected chi connectivity index (χ3v) is 3.54. The Kier molecular flexibility index (Phi) is 5.17. The highest BCUT2D eigenvalue weighted by molar-refractivity contribution is 5.80. The molecule has 1 aromatic rings. The Bertz CT molecular complexity index is 486. The molecule has 0 bridgehead atoms. The van der Waals surface area contributed by atoms with Crippen LogP contribution in [0.25, 0.3) is 0 Å². The molecular weight excluding hydrogens is 273 g/mol. The monoisotopic (exact) mass is 295 g/mol. The molecule has 0 spiro atoms. The molecule has 0 radical (unpaired) electrons. The molecule has 5 heteroatoms. The molecule has 21 heavy (non-hydrogen) atoms. The first-order valence-corrected chi connectivity index (χ1v) is 7.35. The summed E-state index contributed by atoms with van der Waals surface area (Å²) in [6.07, 6.45) is 1.57. The summed E-state index contributed by atoms with van der Waals surface area (Å²) in [4.78, 5) is 12.2. The highest BCUT2D eigenvalue weighted by atomic mass is 19.1. The van der Waals surface area contributed by atoms with E-state index in [9.17, 15) is 9.18 Å². The van der Waals surface area contributed by atoms with Gasteiger partial charge in [0.1, 0.15) is 5.82 Å².